The first-order valence-corrected chi connectivity index (χ1v) is 11.1. The molecule has 0 aromatic heterocycles. The minimum absolute atomic E-state index is 0.148. The van der Waals surface area contributed by atoms with Crippen molar-refractivity contribution < 1.29 is 23.9 Å². The standard InChI is InChI=1S/C26H22N2O5/c1-33-26(32)13-5-7-15(8-6-13)27-23(29)14-3-2-4-16(11-14)28-24(30)21-17-9-10-18(20-12-19(17)20)22(21)25(28)31/h2-11,17-22H,12H2,1H3,(H,27,29)/t17-,18-,19-,20-,21+,22+/m1/s1. The number of amides is 3. The van der Waals surface area contributed by atoms with Crippen LogP contribution in [0.2, 0.25) is 0 Å². The van der Waals surface area contributed by atoms with Crippen molar-refractivity contribution in [3.8, 4) is 0 Å². The number of rotatable bonds is 4. The largest absolute Gasteiger partial charge is 0.465 e. The van der Waals surface area contributed by atoms with E-state index in [4.69, 9.17) is 0 Å². The summed E-state index contributed by atoms with van der Waals surface area (Å²) < 4.78 is 4.68. The third kappa shape index (κ3) is 2.95. The lowest BCUT2D eigenvalue weighted by molar-refractivity contribution is -0.124. The molecule has 2 bridgehead atoms. The summed E-state index contributed by atoms with van der Waals surface area (Å²) in [5, 5.41) is 2.78. The summed E-state index contributed by atoms with van der Waals surface area (Å²) in [6.07, 6.45) is 5.40. The Morgan fingerprint density at radius 2 is 1.55 bits per heavy atom. The molecule has 4 aliphatic carbocycles. The Bertz CT molecular complexity index is 1200. The molecular weight excluding hydrogens is 420 g/mol. The lowest BCUT2D eigenvalue weighted by Crippen LogP contribution is -2.40. The van der Waals surface area contributed by atoms with Crippen molar-refractivity contribution in [3.63, 3.8) is 0 Å². The zero-order valence-electron chi connectivity index (χ0n) is 17.9. The summed E-state index contributed by atoms with van der Waals surface area (Å²) in [5.74, 6) is -0.275. The number of hydrogen-bond donors (Lipinski definition) is 1. The van der Waals surface area contributed by atoms with E-state index in [1.165, 1.54) is 12.0 Å². The quantitative estimate of drug-likeness (QED) is 0.446. The molecule has 0 spiro atoms. The van der Waals surface area contributed by atoms with Gasteiger partial charge in [-0.1, -0.05) is 18.2 Å². The Labute approximate surface area is 190 Å². The lowest BCUT2D eigenvalue weighted by Gasteiger charge is -2.37. The smallest absolute Gasteiger partial charge is 0.337 e. The predicted octanol–water partition coefficient (Wildman–Crippen LogP) is 3.28. The third-order valence-corrected chi connectivity index (χ3v) is 7.59. The molecule has 6 atom stereocenters. The zero-order chi connectivity index (χ0) is 22.9. The molecule has 166 valence electrons. The molecule has 7 heteroatoms. The number of methoxy groups -OCH3 is 1. The highest BCUT2D eigenvalue weighted by Crippen LogP contribution is 2.65. The van der Waals surface area contributed by atoms with Gasteiger partial charge in [0, 0.05) is 11.3 Å². The third-order valence-electron chi connectivity index (χ3n) is 7.59. The molecule has 5 aliphatic rings. The highest BCUT2D eigenvalue weighted by Gasteiger charge is 2.67. The normalized spacial score (nSPS) is 30.6. The van der Waals surface area contributed by atoms with Gasteiger partial charge in [-0.3, -0.25) is 14.4 Å². The highest BCUT2D eigenvalue weighted by atomic mass is 16.5. The van der Waals surface area contributed by atoms with Crippen LogP contribution < -0.4 is 10.2 Å². The number of nitrogens with one attached hydrogen (secondary N) is 1. The summed E-state index contributed by atoms with van der Waals surface area (Å²) in [5.41, 5.74) is 1.66. The van der Waals surface area contributed by atoms with Crippen LogP contribution in [-0.2, 0) is 14.3 Å². The molecule has 33 heavy (non-hydrogen) atoms. The van der Waals surface area contributed by atoms with Crippen LogP contribution in [0.5, 0.6) is 0 Å². The maximum absolute atomic E-state index is 13.3. The van der Waals surface area contributed by atoms with Crippen LogP contribution in [0.4, 0.5) is 11.4 Å². The van der Waals surface area contributed by atoms with E-state index >= 15 is 0 Å². The zero-order valence-corrected chi connectivity index (χ0v) is 17.9. The van der Waals surface area contributed by atoms with Gasteiger partial charge < -0.3 is 10.1 Å². The Kier molecular flexibility index (Phi) is 4.30. The fourth-order valence-corrected chi connectivity index (χ4v) is 6.01. The molecule has 1 heterocycles. The van der Waals surface area contributed by atoms with Gasteiger partial charge in [0.1, 0.15) is 0 Å². The first kappa shape index (κ1) is 19.9. The molecule has 1 N–H and O–H groups in total. The number of allylic oxidation sites excluding steroid dienone is 2. The van der Waals surface area contributed by atoms with Gasteiger partial charge in [-0.25, -0.2) is 9.69 Å². The Balaban J connectivity index is 1.23. The van der Waals surface area contributed by atoms with Gasteiger partial charge in [-0.2, -0.15) is 0 Å². The predicted molar refractivity (Wildman–Crippen MR) is 119 cm³/mol. The van der Waals surface area contributed by atoms with E-state index in [1.54, 1.807) is 48.5 Å². The number of ether oxygens (including phenoxy) is 1. The molecule has 2 saturated carbocycles. The molecule has 1 aliphatic heterocycles. The number of nitrogens with zero attached hydrogens (tertiary/aromatic N) is 1. The molecule has 2 aromatic carbocycles. The minimum atomic E-state index is -0.456. The van der Waals surface area contributed by atoms with E-state index in [0.29, 0.717) is 34.3 Å². The van der Waals surface area contributed by atoms with Crippen molar-refractivity contribution in [1.82, 2.24) is 0 Å². The van der Waals surface area contributed by atoms with E-state index in [2.05, 4.69) is 22.2 Å². The molecule has 7 rings (SSSR count). The summed E-state index contributed by atoms with van der Waals surface area (Å²) in [7, 11) is 1.31. The topological polar surface area (TPSA) is 92.8 Å². The van der Waals surface area contributed by atoms with Crippen molar-refractivity contribution in [3.05, 3.63) is 71.8 Å². The second-order valence-corrected chi connectivity index (χ2v) is 9.24. The van der Waals surface area contributed by atoms with E-state index in [9.17, 15) is 19.2 Å². The average Bonchev–Trinajstić information content (AvgIpc) is 3.62. The molecule has 7 nitrogen and oxygen atoms in total. The Morgan fingerprint density at radius 1 is 0.909 bits per heavy atom. The highest BCUT2D eigenvalue weighted by molar-refractivity contribution is 6.23. The number of carbonyl (C=O) groups excluding carboxylic acids is 4. The number of anilines is 2. The molecule has 1 saturated heterocycles. The van der Waals surface area contributed by atoms with Crippen molar-refractivity contribution >= 4 is 35.1 Å². The molecule has 0 radical (unpaired) electrons. The van der Waals surface area contributed by atoms with Crippen LogP contribution in [0.1, 0.15) is 27.1 Å². The number of hydrogen-bond acceptors (Lipinski definition) is 5. The van der Waals surface area contributed by atoms with Crippen molar-refractivity contribution in [2.75, 3.05) is 17.3 Å². The molecule has 0 unspecified atom stereocenters. The summed E-state index contributed by atoms with van der Waals surface area (Å²) in [4.78, 5) is 52.3. The van der Waals surface area contributed by atoms with Crippen LogP contribution in [0.15, 0.2) is 60.7 Å². The van der Waals surface area contributed by atoms with Gasteiger partial charge >= 0.3 is 5.97 Å². The van der Waals surface area contributed by atoms with Gasteiger partial charge in [0.15, 0.2) is 0 Å². The van der Waals surface area contributed by atoms with E-state index in [-0.39, 0.29) is 41.4 Å². The summed E-state index contributed by atoms with van der Waals surface area (Å²) >= 11 is 0. The van der Waals surface area contributed by atoms with Crippen LogP contribution in [0.3, 0.4) is 0 Å². The van der Waals surface area contributed by atoms with Crippen LogP contribution >= 0.6 is 0 Å². The van der Waals surface area contributed by atoms with Crippen LogP contribution in [0, 0.1) is 35.5 Å². The van der Waals surface area contributed by atoms with Gasteiger partial charge in [0.25, 0.3) is 5.91 Å². The molecule has 2 aromatic rings. The number of benzene rings is 2. The van der Waals surface area contributed by atoms with E-state index in [0.717, 1.165) is 6.42 Å². The SMILES string of the molecule is COC(=O)c1ccc(NC(=O)c2cccc(N3C(=O)[C@H]4[C@@H]5C=C[C@H]([C@H]6C[C@H]56)[C@@H]4C3=O)c2)cc1. The first-order valence-electron chi connectivity index (χ1n) is 11.1. The Morgan fingerprint density at radius 3 is 2.15 bits per heavy atom. The molecular formula is C26H22N2O5. The second-order valence-electron chi connectivity index (χ2n) is 9.24. The number of imide groups is 1. The Hall–Kier alpha value is -3.74. The van der Waals surface area contributed by atoms with E-state index < -0.39 is 5.97 Å². The maximum Gasteiger partial charge on any atom is 0.337 e. The van der Waals surface area contributed by atoms with Crippen LogP contribution in [-0.4, -0.2) is 30.8 Å². The van der Waals surface area contributed by atoms with Gasteiger partial charge in [0.2, 0.25) is 11.8 Å². The summed E-state index contributed by atoms with van der Waals surface area (Å²) in [6.45, 7) is 0. The van der Waals surface area contributed by atoms with Gasteiger partial charge in [0.05, 0.1) is 30.2 Å². The number of esters is 1. The van der Waals surface area contributed by atoms with Crippen molar-refractivity contribution in [2.24, 2.45) is 35.5 Å². The second kappa shape index (κ2) is 7.13. The number of carbonyl (C=O) groups is 4. The van der Waals surface area contributed by atoms with Gasteiger partial charge in [-0.05, 0) is 72.6 Å². The first-order chi connectivity index (χ1) is 16.0. The monoisotopic (exact) mass is 442 g/mol. The van der Waals surface area contributed by atoms with Crippen LogP contribution in [0.25, 0.3) is 0 Å². The fourth-order valence-electron chi connectivity index (χ4n) is 6.01. The molecule has 3 fully saturated rings. The molecule has 3 amide bonds. The summed E-state index contributed by atoms with van der Waals surface area (Å²) in [6, 6.07) is 13.0. The van der Waals surface area contributed by atoms with Gasteiger partial charge in [-0.15, -0.1) is 0 Å². The van der Waals surface area contributed by atoms with Crippen molar-refractivity contribution in [2.45, 2.75) is 6.42 Å². The minimum Gasteiger partial charge on any atom is -0.465 e. The average molecular weight is 442 g/mol. The lowest BCUT2D eigenvalue weighted by atomic mass is 9.63. The van der Waals surface area contributed by atoms with E-state index in [1.807, 2.05) is 0 Å². The fraction of sp³-hybridized carbons (Fsp3) is 0.308. The van der Waals surface area contributed by atoms with Crippen molar-refractivity contribution in [1.29, 1.82) is 0 Å². The maximum atomic E-state index is 13.3.